The predicted molar refractivity (Wildman–Crippen MR) is 130 cm³/mol. The van der Waals surface area contributed by atoms with Crippen LogP contribution in [0, 0.1) is 0 Å². The van der Waals surface area contributed by atoms with Crippen LogP contribution >= 0.6 is 11.6 Å². The Hall–Kier alpha value is -4.31. The van der Waals surface area contributed by atoms with Crippen molar-refractivity contribution in [1.82, 2.24) is 29.9 Å². The molecule has 0 atom stereocenters. The summed E-state index contributed by atoms with van der Waals surface area (Å²) in [5.74, 6) is 0.381. The zero-order valence-corrected chi connectivity index (χ0v) is 19.1. The van der Waals surface area contributed by atoms with E-state index in [9.17, 15) is 9.59 Å². The molecule has 174 valence electrons. The Balaban J connectivity index is 1.23. The van der Waals surface area contributed by atoms with Gasteiger partial charge in [-0.3, -0.25) is 9.59 Å². The quantitative estimate of drug-likeness (QED) is 0.382. The molecule has 0 radical (unpaired) electrons. The number of hydrogen-bond acceptors (Lipinski definition) is 8. The predicted octanol–water partition coefficient (Wildman–Crippen LogP) is 2.93. The van der Waals surface area contributed by atoms with E-state index in [1.54, 1.807) is 46.0 Å². The monoisotopic (exact) mass is 487 g/mol. The Morgan fingerprint density at radius 1 is 0.971 bits per heavy atom. The normalized spacial score (nSPS) is 14.1. The number of rotatable bonds is 3. The van der Waals surface area contributed by atoms with Crippen molar-refractivity contribution in [3.8, 4) is 5.69 Å². The fourth-order valence-electron chi connectivity index (χ4n) is 4.21. The molecule has 0 N–H and O–H groups in total. The van der Waals surface area contributed by atoms with Gasteiger partial charge >= 0.3 is 0 Å². The van der Waals surface area contributed by atoms with Crippen LogP contribution in [0.4, 0.5) is 5.82 Å². The second-order valence-corrected chi connectivity index (χ2v) is 8.53. The summed E-state index contributed by atoms with van der Waals surface area (Å²) in [6.07, 6.45) is 1.48. The lowest BCUT2D eigenvalue weighted by Crippen LogP contribution is -2.49. The van der Waals surface area contributed by atoms with E-state index in [0.29, 0.717) is 59.2 Å². The number of fused-ring (bicyclic) bond motifs is 2. The van der Waals surface area contributed by atoms with Crippen LogP contribution in [-0.2, 0) is 0 Å². The number of hydrogen-bond donors (Lipinski definition) is 0. The topological polar surface area (TPSA) is 110 Å². The average Bonchev–Trinajstić information content (AvgIpc) is 3.33. The lowest BCUT2D eigenvalue weighted by Gasteiger charge is -2.35. The molecule has 5 aromatic rings. The molecule has 4 heterocycles. The molecule has 1 fully saturated rings. The molecule has 1 saturated heterocycles. The Morgan fingerprint density at radius 2 is 1.74 bits per heavy atom. The van der Waals surface area contributed by atoms with Gasteiger partial charge in [-0.25, -0.2) is 9.97 Å². The molecule has 2 aromatic carbocycles. The third kappa shape index (κ3) is 3.77. The number of anilines is 1. The smallest absolute Gasteiger partial charge is 0.289 e. The minimum atomic E-state index is -0.311. The van der Waals surface area contributed by atoms with E-state index in [1.165, 1.54) is 12.4 Å². The zero-order chi connectivity index (χ0) is 23.9. The van der Waals surface area contributed by atoms with Gasteiger partial charge in [0.1, 0.15) is 11.9 Å². The van der Waals surface area contributed by atoms with E-state index in [2.05, 4.69) is 20.3 Å². The Bertz CT molecular complexity index is 1620. The molecule has 0 bridgehead atoms. The summed E-state index contributed by atoms with van der Waals surface area (Å²) < 4.78 is 7.36. The fourth-order valence-corrected chi connectivity index (χ4v) is 4.34. The summed E-state index contributed by atoms with van der Waals surface area (Å²) >= 11 is 6.00. The first-order valence-electron chi connectivity index (χ1n) is 11.0. The first-order valence-corrected chi connectivity index (χ1v) is 11.4. The van der Waals surface area contributed by atoms with Crippen molar-refractivity contribution >= 4 is 45.5 Å². The average molecular weight is 488 g/mol. The van der Waals surface area contributed by atoms with E-state index in [0.717, 1.165) is 5.69 Å². The van der Waals surface area contributed by atoms with Crippen LogP contribution in [0.25, 0.3) is 27.8 Å². The number of piperazine rings is 1. The highest BCUT2D eigenvalue weighted by Crippen LogP contribution is 2.24. The molecule has 6 rings (SSSR count). The van der Waals surface area contributed by atoms with Crippen LogP contribution in [0.5, 0.6) is 0 Å². The highest BCUT2D eigenvalue weighted by atomic mass is 35.5. The number of carbonyl (C=O) groups is 1. The van der Waals surface area contributed by atoms with Crippen LogP contribution in [0.2, 0.25) is 5.02 Å². The standard InChI is InChI=1S/C24H18ClN7O3/c25-15-5-7-16(8-6-15)32-23-21(28-29-32)22(26-14-27-23)30-9-11-31(12-10-30)24(34)20-13-18(33)17-3-1-2-4-19(17)35-20/h1-8,13-14H,9-12H2. The van der Waals surface area contributed by atoms with E-state index < -0.39 is 0 Å². The van der Waals surface area contributed by atoms with Gasteiger partial charge in [0.05, 0.1) is 11.1 Å². The number of para-hydroxylation sites is 1. The third-order valence-electron chi connectivity index (χ3n) is 6.00. The number of nitrogens with zero attached hydrogens (tertiary/aromatic N) is 7. The van der Waals surface area contributed by atoms with Crippen LogP contribution in [-0.4, -0.2) is 61.9 Å². The Labute approximate surface area is 203 Å². The summed E-state index contributed by atoms with van der Waals surface area (Å²) in [4.78, 5) is 38.0. The zero-order valence-electron chi connectivity index (χ0n) is 18.3. The van der Waals surface area contributed by atoms with Gasteiger partial charge in [-0.1, -0.05) is 28.9 Å². The molecular formula is C24H18ClN7O3. The minimum Gasteiger partial charge on any atom is -0.451 e. The molecule has 1 amide bonds. The highest BCUT2D eigenvalue weighted by Gasteiger charge is 2.27. The van der Waals surface area contributed by atoms with E-state index in [-0.39, 0.29) is 17.1 Å². The van der Waals surface area contributed by atoms with E-state index in [1.807, 2.05) is 17.0 Å². The second kappa shape index (κ2) is 8.48. The van der Waals surface area contributed by atoms with E-state index >= 15 is 0 Å². The van der Waals surface area contributed by atoms with Crippen LogP contribution in [0.1, 0.15) is 10.6 Å². The van der Waals surface area contributed by atoms with Gasteiger partial charge in [0.2, 0.25) is 0 Å². The molecule has 0 spiro atoms. The van der Waals surface area contributed by atoms with Gasteiger partial charge in [0, 0.05) is 37.3 Å². The molecule has 11 heteroatoms. The van der Waals surface area contributed by atoms with Crippen molar-refractivity contribution in [3.05, 3.63) is 81.9 Å². The maximum atomic E-state index is 13.0. The molecule has 10 nitrogen and oxygen atoms in total. The van der Waals surface area contributed by atoms with Crippen molar-refractivity contribution < 1.29 is 9.21 Å². The number of benzene rings is 2. The van der Waals surface area contributed by atoms with E-state index in [4.69, 9.17) is 16.0 Å². The van der Waals surface area contributed by atoms with Crippen LogP contribution in [0.15, 0.2) is 70.1 Å². The van der Waals surface area contributed by atoms with Gasteiger partial charge in [0.15, 0.2) is 28.2 Å². The van der Waals surface area contributed by atoms with Crippen molar-refractivity contribution in [2.75, 3.05) is 31.1 Å². The van der Waals surface area contributed by atoms with Gasteiger partial charge in [0.25, 0.3) is 5.91 Å². The van der Waals surface area contributed by atoms with Crippen molar-refractivity contribution in [2.45, 2.75) is 0 Å². The summed E-state index contributed by atoms with van der Waals surface area (Å²) in [5.41, 5.74) is 2.10. The second-order valence-electron chi connectivity index (χ2n) is 8.10. The maximum absolute atomic E-state index is 13.0. The minimum absolute atomic E-state index is 0.0393. The lowest BCUT2D eigenvalue weighted by molar-refractivity contribution is 0.0715. The molecular weight excluding hydrogens is 470 g/mol. The van der Waals surface area contributed by atoms with Gasteiger partial charge in [-0.2, -0.15) is 4.68 Å². The van der Waals surface area contributed by atoms with Crippen molar-refractivity contribution in [1.29, 1.82) is 0 Å². The number of aromatic nitrogens is 5. The lowest BCUT2D eigenvalue weighted by atomic mass is 10.2. The Morgan fingerprint density at radius 3 is 2.54 bits per heavy atom. The molecule has 1 aliphatic rings. The third-order valence-corrected chi connectivity index (χ3v) is 6.25. The van der Waals surface area contributed by atoms with Gasteiger partial charge in [-0.05, 0) is 36.4 Å². The SMILES string of the molecule is O=C(c1cc(=O)c2ccccc2o1)N1CCN(c2ncnc3c2nnn3-c2ccc(Cl)cc2)CC1. The molecule has 0 unspecified atom stereocenters. The first-order chi connectivity index (χ1) is 17.1. The summed E-state index contributed by atoms with van der Waals surface area (Å²) in [7, 11) is 0. The Kier molecular flexibility index (Phi) is 5.14. The molecule has 1 aliphatic heterocycles. The van der Waals surface area contributed by atoms with Crippen molar-refractivity contribution in [2.24, 2.45) is 0 Å². The van der Waals surface area contributed by atoms with Gasteiger partial charge < -0.3 is 14.2 Å². The summed E-state index contributed by atoms with van der Waals surface area (Å²) in [6.45, 7) is 1.94. The highest BCUT2D eigenvalue weighted by molar-refractivity contribution is 6.30. The number of carbonyl (C=O) groups excluding carboxylic acids is 1. The van der Waals surface area contributed by atoms with Crippen LogP contribution in [0.3, 0.4) is 0 Å². The largest absolute Gasteiger partial charge is 0.451 e. The molecule has 0 saturated carbocycles. The van der Waals surface area contributed by atoms with Crippen molar-refractivity contribution in [3.63, 3.8) is 0 Å². The van der Waals surface area contributed by atoms with Gasteiger partial charge in [-0.15, -0.1) is 5.10 Å². The molecule has 0 aliphatic carbocycles. The summed E-state index contributed by atoms with van der Waals surface area (Å²) in [6, 6.07) is 15.4. The first kappa shape index (κ1) is 21.2. The molecule has 3 aromatic heterocycles. The number of halogens is 1. The number of amides is 1. The van der Waals surface area contributed by atoms with Crippen LogP contribution < -0.4 is 10.3 Å². The molecule has 35 heavy (non-hydrogen) atoms. The summed E-state index contributed by atoms with van der Waals surface area (Å²) in [5, 5.41) is 9.65. The fraction of sp³-hybridized carbons (Fsp3) is 0.167. The maximum Gasteiger partial charge on any atom is 0.289 e.